The first-order valence-electron chi connectivity index (χ1n) is 10.4. The molecule has 4 heteroatoms. The molecule has 1 aromatic carbocycles. The molecule has 0 N–H and O–H groups in total. The van der Waals surface area contributed by atoms with Gasteiger partial charge in [-0.3, -0.25) is 0 Å². The molecule has 0 bridgehead atoms. The first-order valence-corrected chi connectivity index (χ1v) is 12.1. The van der Waals surface area contributed by atoms with Crippen LogP contribution in [-0.4, -0.2) is 26.0 Å². The lowest BCUT2D eigenvalue weighted by molar-refractivity contribution is 0.278. The molecule has 26 heavy (non-hydrogen) atoms. The second kappa shape index (κ2) is 10.3. The van der Waals surface area contributed by atoms with E-state index in [0.717, 1.165) is 50.4 Å². The Morgan fingerprint density at radius 3 is 2.46 bits per heavy atom. The molecule has 0 aliphatic heterocycles. The first kappa shape index (κ1) is 21.3. The summed E-state index contributed by atoms with van der Waals surface area (Å²) in [4.78, 5) is 0. The Hall–Kier alpha value is -1.03. The van der Waals surface area contributed by atoms with Gasteiger partial charge in [-0.15, -0.1) is 0 Å². The Labute approximate surface area is 160 Å². The summed E-state index contributed by atoms with van der Waals surface area (Å²) in [7, 11) is -2.91. The number of sulfone groups is 1. The van der Waals surface area contributed by atoms with Crippen molar-refractivity contribution < 1.29 is 13.2 Å². The number of hydrogen-bond donors (Lipinski definition) is 0. The summed E-state index contributed by atoms with van der Waals surface area (Å²) in [5, 5.41) is -0.192. The van der Waals surface area contributed by atoms with Crippen molar-refractivity contribution in [3.05, 3.63) is 29.8 Å². The Morgan fingerprint density at radius 1 is 1.12 bits per heavy atom. The Morgan fingerprint density at radius 2 is 1.81 bits per heavy atom. The minimum Gasteiger partial charge on any atom is -0.494 e. The van der Waals surface area contributed by atoms with Crippen LogP contribution in [0.4, 0.5) is 0 Å². The van der Waals surface area contributed by atoms with Gasteiger partial charge >= 0.3 is 0 Å². The normalized spacial score (nSPS) is 22.1. The van der Waals surface area contributed by atoms with Crippen molar-refractivity contribution in [2.24, 2.45) is 11.8 Å². The molecule has 148 valence electrons. The van der Waals surface area contributed by atoms with Gasteiger partial charge in [0.15, 0.2) is 9.84 Å². The highest BCUT2D eigenvalue weighted by atomic mass is 32.2. The van der Waals surface area contributed by atoms with Crippen LogP contribution in [0.5, 0.6) is 5.75 Å². The van der Waals surface area contributed by atoms with E-state index in [0.29, 0.717) is 11.7 Å². The number of aryl methyl sites for hydroxylation is 1. The molecule has 0 radical (unpaired) electrons. The Kier molecular flexibility index (Phi) is 8.46. The molecule has 1 saturated carbocycles. The Bertz CT molecular complexity index is 631. The molecular formula is C22H36O3S. The van der Waals surface area contributed by atoms with Crippen LogP contribution in [0.1, 0.15) is 71.3 Å². The van der Waals surface area contributed by atoms with Gasteiger partial charge in [0.25, 0.3) is 0 Å². The lowest BCUT2D eigenvalue weighted by atomic mass is 9.80. The highest BCUT2D eigenvalue weighted by molar-refractivity contribution is 7.92. The molecule has 2 rings (SSSR count). The first-order chi connectivity index (χ1) is 12.4. The maximum Gasteiger partial charge on any atom is 0.153 e. The van der Waals surface area contributed by atoms with Crippen LogP contribution < -0.4 is 4.74 Å². The smallest absolute Gasteiger partial charge is 0.153 e. The van der Waals surface area contributed by atoms with Crippen molar-refractivity contribution >= 4 is 9.84 Å². The standard InChI is InChI=1S/C22H36O3S/c1-4-15-25-22-8-6-7-20(16-22)12-9-19-10-13-21(14-11-19)17-26(23,24)18(3)5-2/h6-8,16,18-19,21H,4-5,9-15,17H2,1-3H3. The molecule has 0 saturated heterocycles. The molecule has 0 heterocycles. The third-order valence-electron chi connectivity index (χ3n) is 5.83. The lowest BCUT2D eigenvalue weighted by Gasteiger charge is -2.29. The van der Waals surface area contributed by atoms with Gasteiger partial charge in [0.2, 0.25) is 0 Å². The number of ether oxygens (including phenoxy) is 1. The average molecular weight is 381 g/mol. The minimum atomic E-state index is -2.91. The van der Waals surface area contributed by atoms with Crippen molar-refractivity contribution in [1.29, 1.82) is 0 Å². The van der Waals surface area contributed by atoms with Gasteiger partial charge in [-0.25, -0.2) is 8.42 Å². The molecule has 3 nitrogen and oxygen atoms in total. The molecule has 0 aromatic heterocycles. The quantitative estimate of drug-likeness (QED) is 0.544. The minimum absolute atomic E-state index is 0.192. The molecule has 1 aliphatic rings. The fraction of sp³-hybridized carbons (Fsp3) is 0.727. The number of hydrogen-bond acceptors (Lipinski definition) is 3. The van der Waals surface area contributed by atoms with Crippen molar-refractivity contribution in [3.8, 4) is 5.75 Å². The summed E-state index contributed by atoms with van der Waals surface area (Å²) in [6.07, 6.45) is 8.52. The largest absolute Gasteiger partial charge is 0.494 e. The molecule has 0 amide bonds. The SMILES string of the molecule is CCCOc1cccc(CCC2CCC(CS(=O)(=O)C(C)CC)CC2)c1. The number of benzene rings is 1. The van der Waals surface area contributed by atoms with E-state index in [2.05, 4.69) is 25.1 Å². The average Bonchev–Trinajstić information content (AvgIpc) is 2.65. The van der Waals surface area contributed by atoms with Gasteiger partial charge in [0.05, 0.1) is 17.6 Å². The van der Waals surface area contributed by atoms with E-state index in [1.165, 1.54) is 24.8 Å². The molecule has 1 atom stereocenters. The maximum absolute atomic E-state index is 12.3. The molecular weight excluding hydrogens is 344 g/mol. The highest BCUT2D eigenvalue weighted by Gasteiger charge is 2.28. The summed E-state index contributed by atoms with van der Waals surface area (Å²) in [5.74, 6) is 2.48. The van der Waals surface area contributed by atoms with E-state index in [4.69, 9.17) is 4.74 Å². The zero-order valence-corrected chi connectivity index (χ0v) is 17.6. The van der Waals surface area contributed by atoms with Crippen LogP contribution in [0.25, 0.3) is 0 Å². The summed E-state index contributed by atoms with van der Waals surface area (Å²) >= 11 is 0. The fourth-order valence-corrected chi connectivity index (χ4v) is 5.64. The maximum atomic E-state index is 12.3. The number of rotatable bonds is 10. The Balaban J connectivity index is 1.75. The van der Waals surface area contributed by atoms with Gasteiger partial charge in [-0.1, -0.05) is 38.8 Å². The van der Waals surface area contributed by atoms with E-state index in [1.54, 1.807) is 0 Å². The molecule has 1 aromatic rings. The van der Waals surface area contributed by atoms with Crippen molar-refractivity contribution in [1.82, 2.24) is 0 Å². The fourth-order valence-electron chi connectivity index (χ4n) is 3.82. The van der Waals surface area contributed by atoms with Crippen LogP contribution in [0, 0.1) is 11.8 Å². The molecule has 1 unspecified atom stereocenters. The summed E-state index contributed by atoms with van der Waals surface area (Å²) in [6.45, 7) is 6.70. The predicted molar refractivity (Wildman–Crippen MR) is 110 cm³/mol. The molecule has 1 fully saturated rings. The van der Waals surface area contributed by atoms with E-state index in [9.17, 15) is 8.42 Å². The van der Waals surface area contributed by atoms with Crippen LogP contribution in [-0.2, 0) is 16.3 Å². The van der Waals surface area contributed by atoms with Gasteiger partial charge in [0, 0.05) is 0 Å². The van der Waals surface area contributed by atoms with Crippen LogP contribution >= 0.6 is 0 Å². The third-order valence-corrected chi connectivity index (χ3v) is 8.33. The van der Waals surface area contributed by atoms with Crippen LogP contribution in [0.15, 0.2) is 24.3 Å². The summed E-state index contributed by atoms with van der Waals surface area (Å²) in [6, 6.07) is 8.46. The van der Waals surface area contributed by atoms with Gasteiger partial charge in [-0.2, -0.15) is 0 Å². The van der Waals surface area contributed by atoms with E-state index in [-0.39, 0.29) is 5.25 Å². The third kappa shape index (κ3) is 6.61. The van der Waals surface area contributed by atoms with Crippen molar-refractivity contribution in [3.63, 3.8) is 0 Å². The second-order valence-electron chi connectivity index (χ2n) is 7.97. The summed E-state index contributed by atoms with van der Waals surface area (Å²) in [5.41, 5.74) is 1.35. The van der Waals surface area contributed by atoms with Gasteiger partial charge in [0.1, 0.15) is 5.75 Å². The second-order valence-corrected chi connectivity index (χ2v) is 10.4. The van der Waals surface area contributed by atoms with Crippen molar-refractivity contribution in [2.45, 2.75) is 77.4 Å². The van der Waals surface area contributed by atoms with Gasteiger partial charge < -0.3 is 4.74 Å². The molecule has 1 aliphatic carbocycles. The van der Waals surface area contributed by atoms with Crippen LogP contribution in [0.2, 0.25) is 0 Å². The van der Waals surface area contributed by atoms with E-state index in [1.807, 2.05) is 19.9 Å². The zero-order chi connectivity index (χ0) is 19.0. The van der Waals surface area contributed by atoms with Gasteiger partial charge in [-0.05, 0) is 75.0 Å². The van der Waals surface area contributed by atoms with Crippen molar-refractivity contribution in [2.75, 3.05) is 12.4 Å². The topological polar surface area (TPSA) is 43.4 Å². The van der Waals surface area contributed by atoms with E-state index < -0.39 is 9.84 Å². The lowest BCUT2D eigenvalue weighted by Crippen LogP contribution is -2.27. The molecule has 0 spiro atoms. The zero-order valence-electron chi connectivity index (χ0n) is 16.7. The highest BCUT2D eigenvalue weighted by Crippen LogP contribution is 2.33. The van der Waals surface area contributed by atoms with Crippen LogP contribution in [0.3, 0.4) is 0 Å². The monoisotopic (exact) mass is 380 g/mol. The van der Waals surface area contributed by atoms with E-state index >= 15 is 0 Å². The summed E-state index contributed by atoms with van der Waals surface area (Å²) < 4.78 is 30.4. The predicted octanol–water partition coefficient (Wildman–Crippen LogP) is 5.43.